The minimum absolute atomic E-state index is 0.120. The van der Waals surface area contributed by atoms with E-state index in [-0.39, 0.29) is 18.7 Å². The Balaban J connectivity index is 1.69. The summed E-state index contributed by atoms with van der Waals surface area (Å²) in [5.41, 5.74) is 14.4. The molecule has 0 saturated heterocycles. The molecular weight excluding hydrogens is 677 g/mol. The van der Waals surface area contributed by atoms with Gasteiger partial charge in [0.1, 0.15) is 26.8 Å². The summed E-state index contributed by atoms with van der Waals surface area (Å²) in [6, 6.07) is 16.8. The number of fused-ring (bicyclic) bond motifs is 2. The highest BCUT2D eigenvalue weighted by molar-refractivity contribution is 7.86. The Morgan fingerprint density at radius 1 is 0.771 bits per heavy atom. The summed E-state index contributed by atoms with van der Waals surface area (Å²) in [5.74, 6) is -0.504. The van der Waals surface area contributed by atoms with E-state index in [0.29, 0.717) is 16.9 Å². The van der Waals surface area contributed by atoms with Crippen LogP contribution in [-0.4, -0.2) is 61.5 Å². The largest absolute Gasteiger partial charge is 0.748 e. The van der Waals surface area contributed by atoms with Gasteiger partial charge in [-0.05, 0) is 86.9 Å². The molecule has 5 rings (SSSR count). The first-order valence-corrected chi connectivity index (χ1v) is 19.0. The fourth-order valence-corrected chi connectivity index (χ4v) is 7.61. The quantitative estimate of drug-likeness (QED) is 0.185. The molecule has 0 N–H and O–H groups in total. The second kappa shape index (κ2) is 12.3. The zero-order chi connectivity index (χ0) is 35.3. The van der Waals surface area contributed by atoms with Crippen LogP contribution in [0.2, 0.25) is 0 Å². The van der Waals surface area contributed by atoms with Crippen LogP contribution >= 0.6 is 0 Å². The Labute approximate surface area is 280 Å². The molecule has 2 aliphatic heterocycles. The Morgan fingerprint density at radius 3 is 2.10 bits per heavy atom. The van der Waals surface area contributed by atoms with Crippen LogP contribution in [0.25, 0.3) is 0 Å². The molecule has 3 aromatic carbocycles. The summed E-state index contributed by atoms with van der Waals surface area (Å²) in [4.78, 5) is 0.686. The zero-order valence-electron chi connectivity index (χ0n) is 26.3. The number of hydrogen-bond acceptors (Lipinski definition) is 10. The number of hydrogen-bond donors (Lipinski definition) is 0. The second-order valence-corrected chi connectivity index (χ2v) is 16.6. The van der Waals surface area contributed by atoms with Gasteiger partial charge in [-0.2, -0.15) is 4.58 Å². The van der Waals surface area contributed by atoms with Crippen LogP contribution in [0.1, 0.15) is 45.2 Å². The average molecular weight is 707 g/mol. The third-order valence-electron chi connectivity index (χ3n) is 8.45. The van der Waals surface area contributed by atoms with Crippen molar-refractivity contribution in [2.75, 3.05) is 17.2 Å². The highest BCUT2D eigenvalue weighted by atomic mass is 32.2. The molecule has 0 radical (unpaired) electrons. The van der Waals surface area contributed by atoms with Gasteiger partial charge in [0.05, 0.1) is 42.8 Å². The molecule has 3 aromatic rings. The highest BCUT2D eigenvalue weighted by Crippen LogP contribution is 2.51. The van der Waals surface area contributed by atoms with E-state index in [1.165, 1.54) is 24.3 Å². The van der Waals surface area contributed by atoms with E-state index in [1.807, 2.05) is 42.7 Å². The fourth-order valence-electron chi connectivity index (χ4n) is 6.12. The van der Waals surface area contributed by atoms with Gasteiger partial charge >= 0.3 is 0 Å². The molecule has 48 heavy (non-hydrogen) atoms. The lowest BCUT2D eigenvalue weighted by atomic mass is 9.81. The van der Waals surface area contributed by atoms with Gasteiger partial charge in [-0.25, -0.2) is 25.3 Å². The predicted octanol–water partition coefficient (Wildman–Crippen LogP) is 4.44. The van der Waals surface area contributed by atoms with Crippen molar-refractivity contribution >= 4 is 53.1 Å². The first-order chi connectivity index (χ1) is 22.2. The number of nitrogens with zero attached hydrogens (tertiary/aromatic N) is 2. The van der Waals surface area contributed by atoms with E-state index < -0.39 is 56.7 Å². The molecule has 0 bridgehead atoms. The first-order valence-electron chi connectivity index (χ1n) is 14.6. The molecule has 0 aromatic heterocycles. The number of anilines is 2. The van der Waals surface area contributed by atoms with Crippen LogP contribution in [0, 0.1) is 0 Å². The van der Waals surface area contributed by atoms with Crippen LogP contribution in [0.15, 0.2) is 111 Å². The topological polar surface area (TPSA) is 178 Å². The highest BCUT2D eigenvalue weighted by Gasteiger charge is 2.44. The lowest BCUT2D eigenvalue weighted by molar-refractivity contribution is -0.437. The Morgan fingerprint density at radius 2 is 1.44 bits per heavy atom. The summed E-state index contributed by atoms with van der Waals surface area (Å²) >= 11 is 0. The van der Waals surface area contributed by atoms with Crippen LogP contribution in [0.3, 0.4) is 0 Å². The number of para-hydroxylation sites is 1. The number of allylic oxidation sites excluding steroid dienone is 2. The van der Waals surface area contributed by atoms with Gasteiger partial charge in [-0.1, -0.05) is 30.0 Å². The molecule has 14 heteroatoms. The molecule has 2 heterocycles. The minimum atomic E-state index is -4.80. The van der Waals surface area contributed by atoms with Gasteiger partial charge in [0, 0.05) is 34.9 Å². The molecule has 0 aliphatic carbocycles. The second-order valence-electron chi connectivity index (χ2n) is 12.4. The molecule has 0 amide bonds. The van der Waals surface area contributed by atoms with Crippen molar-refractivity contribution in [1.29, 1.82) is 0 Å². The maximum Gasteiger partial charge on any atom is 0.209 e. The van der Waals surface area contributed by atoms with Crippen molar-refractivity contribution in [2.24, 2.45) is 0 Å². The van der Waals surface area contributed by atoms with Crippen LogP contribution < -0.4 is 4.90 Å². The molecule has 0 spiro atoms. The van der Waals surface area contributed by atoms with E-state index in [9.17, 15) is 38.9 Å². The molecule has 0 atom stereocenters. The Bertz CT molecular complexity index is 2400. The zero-order valence-corrected chi connectivity index (χ0v) is 28.8. The van der Waals surface area contributed by atoms with Gasteiger partial charge in [0.15, 0.2) is 0 Å². The maximum atomic E-state index is 11.9. The Hall–Kier alpha value is -4.28. The normalized spacial score (nSPS) is 16.4. The van der Waals surface area contributed by atoms with Crippen molar-refractivity contribution in [3.8, 4) is 0 Å². The molecule has 0 saturated carbocycles. The van der Waals surface area contributed by atoms with Gasteiger partial charge in [0.2, 0.25) is 11.4 Å². The van der Waals surface area contributed by atoms with Gasteiger partial charge in [-0.15, -0.1) is 0 Å². The Kier molecular flexibility index (Phi) is 8.99. The minimum Gasteiger partial charge on any atom is -0.748 e. The smallest absolute Gasteiger partial charge is 0.209 e. The van der Waals surface area contributed by atoms with Gasteiger partial charge < -0.3 is 18.6 Å². The number of benzene rings is 3. The van der Waals surface area contributed by atoms with Crippen molar-refractivity contribution in [3.63, 3.8) is 0 Å². The SMILES string of the molecule is CC1(C)C(=C=C=C=C=CC2=[N+](CCCS(=O)(=O)[O-])c3ccccc3C2(C)C)N(c2cccc(S(=O)(=O)[O-])c2)c2ccc(S(=O)(=O)[O-])cc21. The third kappa shape index (κ3) is 6.82. The first kappa shape index (κ1) is 35.0. The van der Waals surface area contributed by atoms with E-state index in [0.717, 1.165) is 29.1 Å². The monoisotopic (exact) mass is 706 g/mol. The van der Waals surface area contributed by atoms with E-state index >= 15 is 0 Å². The van der Waals surface area contributed by atoms with Gasteiger partial charge in [-0.3, -0.25) is 0 Å². The van der Waals surface area contributed by atoms with E-state index in [4.69, 9.17) is 0 Å². The molecule has 2 aliphatic rings. The lowest BCUT2D eigenvalue weighted by Crippen LogP contribution is -2.28. The van der Waals surface area contributed by atoms with Crippen molar-refractivity contribution < 1.29 is 43.5 Å². The molecule has 0 fully saturated rings. The molecule has 11 nitrogen and oxygen atoms in total. The van der Waals surface area contributed by atoms with Crippen LogP contribution in [0.4, 0.5) is 17.1 Å². The summed E-state index contributed by atoms with van der Waals surface area (Å²) in [6.45, 7) is 7.82. The predicted molar refractivity (Wildman–Crippen MR) is 175 cm³/mol. The standard InChI is InChI=1S/C34H32N2O9S3/c1-33(2)27-14-8-9-15-29(27)35(20-11-21-46(37,38)39)31(33)16-6-5-7-17-32-34(3,4)28-23-26(48(43,44)45)18-19-30(28)36(32)24-12-10-13-25(22-24)47(40,41)42/h8-10,12-16,18-19,22-23H,11,20-21H2,1-4H3,(H2-,37,38,39,40,41,42,43,44,45)/p-2. The van der Waals surface area contributed by atoms with E-state index in [1.54, 1.807) is 30.9 Å². The summed E-state index contributed by atoms with van der Waals surface area (Å²) in [5, 5.41) is 0. The molecular formula is C34H30N2O9S3-2. The molecule has 250 valence electrons. The molecule has 0 unspecified atom stereocenters. The lowest BCUT2D eigenvalue weighted by Gasteiger charge is -2.25. The summed E-state index contributed by atoms with van der Waals surface area (Å²) in [7, 11) is -14.0. The van der Waals surface area contributed by atoms with Crippen molar-refractivity contribution in [1.82, 2.24) is 0 Å². The fraction of sp³-hybridized carbons (Fsp3) is 0.265. The van der Waals surface area contributed by atoms with Crippen LogP contribution in [-0.2, 0) is 41.2 Å². The van der Waals surface area contributed by atoms with Gasteiger partial charge in [0.25, 0.3) is 0 Å². The third-order valence-corrected chi connectivity index (χ3v) is 10.9. The number of rotatable bonds is 8. The summed E-state index contributed by atoms with van der Waals surface area (Å²) in [6.07, 6.45) is 1.81. The maximum absolute atomic E-state index is 11.9. The van der Waals surface area contributed by atoms with Crippen LogP contribution in [0.5, 0.6) is 0 Å². The van der Waals surface area contributed by atoms with E-state index in [2.05, 4.69) is 22.9 Å². The summed E-state index contributed by atoms with van der Waals surface area (Å²) < 4.78 is 107. The average Bonchev–Trinajstić information content (AvgIpc) is 3.34. The van der Waals surface area contributed by atoms with Crippen molar-refractivity contribution in [2.45, 2.75) is 54.7 Å². The van der Waals surface area contributed by atoms with Crippen molar-refractivity contribution in [3.05, 3.63) is 113 Å².